The Morgan fingerprint density at radius 3 is 1.11 bits per heavy atom. The minimum Gasteiger partial charge on any atom is -0.381 e. The van der Waals surface area contributed by atoms with Gasteiger partial charge in [-0.05, 0) is 77.0 Å². The maximum absolute atomic E-state index is 6.21. The molecular formula is C44H82NO2+. The van der Waals surface area contributed by atoms with Gasteiger partial charge in [0.25, 0.3) is 0 Å². The summed E-state index contributed by atoms with van der Waals surface area (Å²) in [5, 5.41) is 0. The molecule has 1 unspecified atom stereocenters. The van der Waals surface area contributed by atoms with E-state index < -0.39 is 0 Å². The lowest BCUT2D eigenvalue weighted by atomic mass is 9.98. The third-order valence-electron chi connectivity index (χ3n) is 9.77. The summed E-state index contributed by atoms with van der Waals surface area (Å²) in [6.07, 6.45) is 49.9. The fraction of sp³-hybridized carbons (Fsp3) is 0.818. The van der Waals surface area contributed by atoms with E-state index in [4.69, 9.17) is 9.47 Å². The molecule has 1 aliphatic rings. The van der Waals surface area contributed by atoms with Crippen LogP contribution in [0.15, 0.2) is 48.6 Å². The molecule has 0 aromatic rings. The van der Waals surface area contributed by atoms with Gasteiger partial charge in [-0.1, -0.05) is 140 Å². The summed E-state index contributed by atoms with van der Waals surface area (Å²) in [5.74, 6) is 1.29. The number of unbranched alkanes of at least 4 members (excludes halogenated alkanes) is 18. The van der Waals surface area contributed by atoms with E-state index in [0.717, 1.165) is 43.8 Å². The molecule has 0 aromatic heterocycles. The molecule has 3 heteroatoms. The lowest BCUT2D eigenvalue weighted by Gasteiger charge is -2.23. The number of rotatable bonds is 34. The second kappa shape index (κ2) is 33.3. The molecule has 0 spiro atoms. The highest BCUT2D eigenvalue weighted by Crippen LogP contribution is 2.28. The van der Waals surface area contributed by atoms with Gasteiger partial charge in [0.2, 0.25) is 0 Å². The Balaban J connectivity index is 1.94. The van der Waals surface area contributed by atoms with Gasteiger partial charge in [-0.25, -0.2) is 0 Å². The van der Waals surface area contributed by atoms with E-state index in [1.165, 1.54) is 154 Å². The highest BCUT2D eigenvalue weighted by Gasteiger charge is 2.40. The fourth-order valence-electron chi connectivity index (χ4n) is 6.87. The van der Waals surface area contributed by atoms with Crippen molar-refractivity contribution in [3.63, 3.8) is 0 Å². The molecule has 0 amide bonds. The molecule has 0 N–H and O–H groups in total. The number of allylic oxidation sites excluding steroid dienone is 8. The van der Waals surface area contributed by atoms with E-state index in [9.17, 15) is 0 Å². The molecule has 274 valence electrons. The Morgan fingerprint density at radius 1 is 0.426 bits per heavy atom. The number of hydrogen-bond donors (Lipinski definition) is 0. The van der Waals surface area contributed by atoms with Crippen LogP contribution in [-0.2, 0) is 9.47 Å². The minimum absolute atomic E-state index is 0.644. The molecule has 3 nitrogen and oxygen atoms in total. The molecule has 2 atom stereocenters. The van der Waals surface area contributed by atoms with E-state index in [-0.39, 0.29) is 0 Å². The van der Waals surface area contributed by atoms with Crippen molar-refractivity contribution < 1.29 is 14.0 Å². The van der Waals surface area contributed by atoms with Crippen molar-refractivity contribution in [2.75, 3.05) is 53.6 Å². The second-order valence-corrected chi connectivity index (χ2v) is 15.1. The van der Waals surface area contributed by atoms with Gasteiger partial charge in [0, 0.05) is 25.0 Å². The van der Waals surface area contributed by atoms with Gasteiger partial charge in [-0.15, -0.1) is 0 Å². The number of ether oxygens (including phenoxy) is 2. The molecule has 47 heavy (non-hydrogen) atoms. The van der Waals surface area contributed by atoms with Crippen LogP contribution in [0, 0.1) is 11.8 Å². The second-order valence-electron chi connectivity index (χ2n) is 15.1. The van der Waals surface area contributed by atoms with Crippen molar-refractivity contribution in [2.45, 2.75) is 168 Å². The summed E-state index contributed by atoms with van der Waals surface area (Å²) in [6, 6.07) is 0. The molecule has 0 aliphatic carbocycles. The minimum atomic E-state index is 0.644. The van der Waals surface area contributed by atoms with E-state index >= 15 is 0 Å². The normalized spacial score (nSPS) is 18.3. The van der Waals surface area contributed by atoms with Gasteiger partial charge in [-0.2, -0.15) is 0 Å². The number of quaternary nitrogens is 1. The third kappa shape index (κ3) is 29.5. The van der Waals surface area contributed by atoms with Crippen molar-refractivity contribution in [3.8, 4) is 0 Å². The number of nitrogens with zero attached hydrogens (tertiary/aromatic N) is 1. The smallest absolute Gasteiger partial charge is 0.0839 e. The predicted molar refractivity (Wildman–Crippen MR) is 209 cm³/mol. The first-order valence-corrected chi connectivity index (χ1v) is 20.7. The summed E-state index contributed by atoms with van der Waals surface area (Å²) < 4.78 is 13.5. The highest BCUT2D eigenvalue weighted by molar-refractivity contribution is 4.93. The van der Waals surface area contributed by atoms with Crippen molar-refractivity contribution >= 4 is 0 Å². The van der Waals surface area contributed by atoms with Crippen LogP contribution in [0.3, 0.4) is 0 Å². The van der Waals surface area contributed by atoms with Gasteiger partial charge in [0.1, 0.15) is 0 Å². The molecule has 0 radical (unpaired) electrons. The Hall–Kier alpha value is -1.16. The number of hydrogen-bond acceptors (Lipinski definition) is 2. The van der Waals surface area contributed by atoms with Crippen LogP contribution in [0.5, 0.6) is 0 Å². The van der Waals surface area contributed by atoms with Crippen LogP contribution in [0.2, 0.25) is 0 Å². The third-order valence-corrected chi connectivity index (χ3v) is 9.77. The maximum Gasteiger partial charge on any atom is 0.0839 e. The maximum atomic E-state index is 6.21. The van der Waals surface area contributed by atoms with Crippen molar-refractivity contribution in [1.29, 1.82) is 0 Å². The molecule has 1 fully saturated rings. The summed E-state index contributed by atoms with van der Waals surface area (Å²) in [5.41, 5.74) is 0. The quantitative estimate of drug-likeness (QED) is 0.0390. The van der Waals surface area contributed by atoms with Gasteiger partial charge in [0.15, 0.2) is 0 Å². The zero-order chi connectivity index (χ0) is 33.9. The van der Waals surface area contributed by atoms with Crippen molar-refractivity contribution in [2.24, 2.45) is 11.8 Å². The zero-order valence-electron chi connectivity index (χ0n) is 32.3. The summed E-state index contributed by atoms with van der Waals surface area (Å²) >= 11 is 0. The number of likely N-dealkylation sites (tertiary alicyclic amines) is 1. The standard InChI is InChI=1S/C44H82NO2/c1-5-7-9-11-13-15-17-19-21-23-25-27-29-31-33-35-37-46-41-43-39-45(3,4)40-44(43)42-47-38-36-34-32-30-28-26-24-22-20-18-16-14-12-10-8-6-2/h13-16,19-22,43-44H,5-12,17-18,23-42H2,1-4H3/q+1/t43-,44?/m0/s1. The van der Waals surface area contributed by atoms with E-state index in [1.54, 1.807) is 0 Å². The molecule has 0 saturated carbocycles. The van der Waals surface area contributed by atoms with Gasteiger partial charge in [-0.3, -0.25) is 0 Å². The van der Waals surface area contributed by atoms with Crippen LogP contribution in [0.1, 0.15) is 168 Å². The van der Waals surface area contributed by atoms with Crippen LogP contribution >= 0.6 is 0 Å². The average Bonchev–Trinajstić information content (AvgIpc) is 3.36. The molecule has 1 rings (SSSR count). The Morgan fingerprint density at radius 2 is 0.745 bits per heavy atom. The summed E-state index contributed by atoms with van der Waals surface area (Å²) in [7, 11) is 4.75. The highest BCUT2D eigenvalue weighted by atomic mass is 16.5. The van der Waals surface area contributed by atoms with E-state index in [1.807, 2.05) is 0 Å². The van der Waals surface area contributed by atoms with Crippen LogP contribution in [-0.4, -0.2) is 58.1 Å². The molecule has 0 aromatic carbocycles. The Bertz CT molecular complexity index is 705. The average molecular weight is 657 g/mol. The first-order valence-electron chi connectivity index (χ1n) is 20.7. The fourth-order valence-corrected chi connectivity index (χ4v) is 6.87. The van der Waals surface area contributed by atoms with E-state index in [2.05, 4.69) is 76.6 Å². The Kier molecular flexibility index (Phi) is 31.1. The molecule has 0 bridgehead atoms. The summed E-state index contributed by atoms with van der Waals surface area (Å²) in [4.78, 5) is 0. The van der Waals surface area contributed by atoms with Crippen molar-refractivity contribution in [1.82, 2.24) is 0 Å². The van der Waals surface area contributed by atoms with Gasteiger partial charge in [0.05, 0.1) is 40.4 Å². The van der Waals surface area contributed by atoms with Crippen LogP contribution in [0.25, 0.3) is 0 Å². The topological polar surface area (TPSA) is 18.5 Å². The zero-order valence-corrected chi connectivity index (χ0v) is 32.3. The first-order chi connectivity index (χ1) is 23.1. The SMILES string of the molecule is CCCCCC=CCC=CCCCCCCCCOCC1C[N+](C)(C)C[C@H]1COCCCCCCCCC=CCC=CCCCCC. The Labute approximate surface area is 295 Å². The molecular weight excluding hydrogens is 574 g/mol. The summed E-state index contributed by atoms with van der Waals surface area (Å²) in [6.45, 7) is 10.7. The largest absolute Gasteiger partial charge is 0.381 e. The lowest BCUT2D eigenvalue weighted by Crippen LogP contribution is -2.37. The molecule has 1 aliphatic heterocycles. The van der Waals surface area contributed by atoms with Crippen LogP contribution in [0.4, 0.5) is 0 Å². The monoisotopic (exact) mass is 657 g/mol. The first kappa shape index (κ1) is 43.9. The molecule has 1 heterocycles. The van der Waals surface area contributed by atoms with Crippen molar-refractivity contribution in [3.05, 3.63) is 48.6 Å². The lowest BCUT2D eigenvalue weighted by molar-refractivity contribution is -0.880. The van der Waals surface area contributed by atoms with E-state index in [0.29, 0.717) is 11.8 Å². The predicted octanol–water partition coefficient (Wildman–Crippen LogP) is 13.0. The molecule has 1 saturated heterocycles. The van der Waals surface area contributed by atoms with Gasteiger partial charge < -0.3 is 14.0 Å². The van der Waals surface area contributed by atoms with Gasteiger partial charge >= 0.3 is 0 Å². The van der Waals surface area contributed by atoms with Crippen LogP contribution < -0.4 is 0 Å².